The van der Waals surface area contributed by atoms with E-state index >= 15 is 0 Å². The molecule has 28 heavy (non-hydrogen) atoms. The van der Waals surface area contributed by atoms with Crippen molar-refractivity contribution >= 4 is 21.8 Å². The van der Waals surface area contributed by atoms with Crippen LogP contribution < -0.4 is 0 Å². The SMILES string of the molecule is CCOC1CCCN(C(=O)C2CCCN(C3=NS(=O)(=O)c4ccccc43)C2)C1. The number of hydrogen-bond donors (Lipinski definition) is 0. The molecule has 0 spiro atoms. The maximum atomic E-state index is 13.1. The predicted octanol–water partition coefficient (Wildman–Crippen LogP) is 1.87. The third-order valence-electron chi connectivity index (χ3n) is 5.77. The van der Waals surface area contributed by atoms with Gasteiger partial charge < -0.3 is 14.5 Å². The highest BCUT2D eigenvalue weighted by atomic mass is 32.2. The van der Waals surface area contributed by atoms with Gasteiger partial charge in [-0.05, 0) is 44.7 Å². The highest BCUT2D eigenvalue weighted by Gasteiger charge is 2.37. The zero-order chi connectivity index (χ0) is 19.7. The number of piperidine rings is 2. The van der Waals surface area contributed by atoms with Gasteiger partial charge in [-0.25, -0.2) is 0 Å². The molecule has 0 bridgehead atoms. The number of carbonyl (C=O) groups is 1. The molecule has 4 rings (SSSR count). The van der Waals surface area contributed by atoms with E-state index in [0.717, 1.165) is 32.2 Å². The molecule has 1 amide bonds. The first-order valence-electron chi connectivity index (χ1n) is 10.1. The summed E-state index contributed by atoms with van der Waals surface area (Å²) in [6, 6.07) is 6.92. The summed E-state index contributed by atoms with van der Waals surface area (Å²) < 4.78 is 34.5. The number of sulfonamides is 1. The second kappa shape index (κ2) is 7.83. The number of ether oxygens (including phenoxy) is 1. The van der Waals surface area contributed by atoms with Crippen LogP contribution in [0.1, 0.15) is 38.2 Å². The number of amidine groups is 1. The predicted molar refractivity (Wildman–Crippen MR) is 106 cm³/mol. The molecule has 152 valence electrons. The van der Waals surface area contributed by atoms with Gasteiger partial charge in [0.05, 0.1) is 12.0 Å². The van der Waals surface area contributed by atoms with Crippen molar-refractivity contribution in [2.45, 2.75) is 43.6 Å². The van der Waals surface area contributed by atoms with Crippen molar-refractivity contribution in [1.29, 1.82) is 0 Å². The first-order valence-corrected chi connectivity index (χ1v) is 11.5. The molecule has 2 unspecified atom stereocenters. The number of benzene rings is 1. The molecule has 3 heterocycles. The Hall–Kier alpha value is -1.93. The summed E-state index contributed by atoms with van der Waals surface area (Å²) in [5.74, 6) is 0.509. The van der Waals surface area contributed by atoms with Crippen molar-refractivity contribution < 1.29 is 17.9 Å². The second-order valence-electron chi connectivity index (χ2n) is 7.68. The third-order valence-corrected chi connectivity index (χ3v) is 7.10. The number of amides is 1. The molecular formula is C20H27N3O4S. The van der Waals surface area contributed by atoms with Gasteiger partial charge in [-0.1, -0.05) is 12.1 Å². The highest BCUT2D eigenvalue weighted by molar-refractivity contribution is 7.90. The lowest BCUT2D eigenvalue weighted by molar-refractivity contribution is -0.140. The second-order valence-corrected chi connectivity index (χ2v) is 9.25. The molecule has 2 atom stereocenters. The van der Waals surface area contributed by atoms with E-state index in [0.29, 0.717) is 37.6 Å². The first-order chi connectivity index (χ1) is 13.5. The molecule has 1 aromatic carbocycles. The van der Waals surface area contributed by atoms with Crippen molar-refractivity contribution in [2.75, 3.05) is 32.8 Å². The van der Waals surface area contributed by atoms with Gasteiger partial charge in [0.25, 0.3) is 10.0 Å². The van der Waals surface area contributed by atoms with Gasteiger partial charge in [0.15, 0.2) is 5.84 Å². The molecule has 0 aromatic heterocycles. The Bertz CT molecular complexity index is 881. The van der Waals surface area contributed by atoms with E-state index in [9.17, 15) is 13.2 Å². The zero-order valence-electron chi connectivity index (χ0n) is 16.2. The van der Waals surface area contributed by atoms with Crippen LogP contribution in [0.4, 0.5) is 0 Å². The first kappa shape index (κ1) is 19.4. The Balaban J connectivity index is 1.49. The summed E-state index contributed by atoms with van der Waals surface area (Å²) in [5, 5.41) is 0. The van der Waals surface area contributed by atoms with Crippen LogP contribution in [0.15, 0.2) is 33.6 Å². The van der Waals surface area contributed by atoms with Gasteiger partial charge in [0.2, 0.25) is 5.91 Å². The molecule has 3 aliphatic rings. The van der Waals surface area contributed by atoms with Gasteiger partial charge in [0, 0.05) is 38.3 Å². The van der Waals surface area contributed by atoms with Crippen LogP contribution in [-0.2, 0) is 19.6 Å². The molecule has 0 saturated carbocycles. The number of fused-ring (bicyclic) bond motifs is 1. The number of rotatable bonds is 3. The quantitative estimate of drug-likeness (QED) is 0.767. The van der Waals surface area contributed by atoms with Crippen molar-refractivity contribution in [2.24, 2.45) is 10.3 Å². The van der Waals surface area contributed by atoms with Gasteiger partial charge in [-0.15, -0.1) is 4.40 Å². The van der Waals surface area contributed by atoms with Crippen molar-refractivity contribution in [3.63, 3.8) is 0 Å². The molecule has 0 aliphatic carbocycles. The van der Waals surface area contributed by atoms with E-state index in [-0.39, 0.29) is 22.8 Å². The highest BCUT2D eigenvalue weighted by Crippen LogP contribution is 2.30. The minimum absolute atomic E-state index is 0.124. The van der Waals surface area contributed by atoms with E-state index in [4.69, 9.17) is 4.74 Å². The van der Waals surface area contributed by atoms with Gasteiger partial charge in [0.1, 0.15) is 4.90 Å². The maximum Gasteiger partial charge on any atom is 0.285 e. The molecular weight excluding hydrogens is 378 g/mol. The summed E-state index contributed by atoms with van der Waals surface area (Å²) in [6.45, 7) is 5.30. The zero-order valence-corrected chi connectivity index (χ0v) is 17.0. The molecule has 1 aromatic rings. The fourth-order valence-electron chi connectivity index (χ4n) is 4.46. The number of carbonyl (C=O) groups excluding carboxylic acids is 1. The monoisotopic (exact) mass is 405 g/mol. The van der Waals surface area contributed by atoms with Crippen LogP contribution >= 0.6 is 0 Å². The van der Waals surface area contributed by atoms with E-state index in [2.05, 4.69) is 4.40 Å². The standard InChI is InChI=1S/C20H27N3O4S/c1-2-27-16-8-6-12-23(14-16)20(24)15-7-5-11-22(13-15)19-17-9-3-4-10-18(17)28(25,26)21-19/h3-4,9-10,15-16H,2,5-8,11-14H2,1H3. The van der Waals surface area contributed by atoms with Crippen LogP contribution in [-0.4, -0.2) is 68.9 Å². The fourth-order valence-corrected chi connectivity index (χ4v) is 5.68. The lowest BCUT2D eigenvalue weighted by atomic mass is 9.94. The smallest absolute Gasteiger partial charge is 0.285 e. The van der Waals surface area contributed by atoms with E-state index < -0.39 is 10.0 Å². The van der Waals surface area contributed by atoms with E-state index in [1.165, 1.54) is 0 Å². The van der Waals surface area contributed by atoms with Gasteiger partial charge in [-0.2, -0.15) is 8.42 Å². The molecule has 2 fully saturated rings. The Morgan fingerprint density at radius 2 is 1.96 bits per heavy atom. The number of hydrogen-bond acceptors (Lipinski definition) is 5. The summed E-state index contributed by atoms with van der Waals surface area (Å²) in [6.07, 6.45) is 3.76. The summed E-state index contributed by atoms with van der Waals surface area (Å²) >= 11 is 0. The Morgan fingerprint density at radius 3 is 2.79 bits per heavy atom. The van der Waals surface area contributed by atoms with E-state index in [1.54, 1.807) is 18.2 Å². The Kier molecular flexibility index (Phi) is 5.42. The molecule has 8 heteroatoms. The average Bonchev–Trinajstić information content (AvgIpc) is 2.99. The lowest BCUT2D eigenvalue weighted by Gasteiger charge is -2.38. The molecule has 0 N–H and O–H groups in total. The van der Waals surface area contributed by atoms with Crippen LogP contribution in [0.25, 0.3) is 0 Å². The summed E-state index contributed by atoms with van der Waals surface area (Å²) in [7, 11) is -3.64. The minimum Gasteiger partial charge on any atom is -0.377 e. The van der Waals surface area contributed by atoms with Gasteiger partial charge >= 0.3 is 0 Å². The van der Waals surface area contributed by atoms with Gasteiger partial charge in [-0.3, -0.25) is 4.79 Å². The average molecular weight is 406 g/mol. The molecule has 3 aliphatic heterocycles. The number of nitrogens with zero attached hydrogens (tertiary/aromatic N) is 3. The largest absolute Gasteiger partial charge is 0.377 e. The Morgan fingerprint density at radius 1 is 1.18 bits per heavy atom. The molecule has 7 nitrogen and oxygen atoms in total. The minimum atomic E-state index is -3.64. The lowest BCUT2D eigenvalue weighted by Crippen LogP contribution is -2.50. The Labute approximate surface area is 166 Å². The van der Waals surface area contributed by atoms with Crippen LogP contribution in [0, 0.1) is 5.92 Å². The topological polar surface area (TPSA) is 79.3 Å². The molecule has 2 saturated heterocycles. The van der Waals surface area contributed by atoms with E-state index in [1.807, 2.05) is 22.8 Å². The van der Waals surface area contributed by atoms with Crippen LogP contribution in [0.2, 0.25) is 0 Å². The van der Waals surface area contributed by atoms with Crippen LogP contribution in [0.5, 0.6) is 0 Å². The van der Waals surface area contributed by atoms with Crippen molar-refractivity contribution in [3.05, 3.63) is 29.8 Å². The fraction of sp³-hybridized carbons (Fsp3) is 0.600. The number of likely N-dealkylation sites (tertiary alicyclic amines) is 2. The van der Waals surface area contributed by atoms with Crippen LogP contribution in [0.3, 0.4) is 0 Å². The normalized spacial score (nSPS) is 26.7. The molecule has 0 radical (unpaired) electrons. The summed E-state index contributed by atoms with van der Waals surface area (Å²) in [4.78, 5) is 17.3. The van der Waals surface area contributed by atoms with Crippen molar-refractivity contribution in [1.82, 2.24) is 9.80 Å². The maximum absolute atomic E-state index is 13.1. The third kappa shape index (κ3) is 3.67. The van der Waals surface area contributed by atoms with Crippen molar-refractivity contribution in [3.8, 4) is 0 Å². The summed E-state index contributed by atoms with van der Waals surface area (Å²) in [5.41, 5.74) is 0.644.